The second-order valence-corrected chi connectivity index (χ2v) is 9.44. The van der Waals surface area contributed by atoms with Crippen LogP contribution in [0, 0.1) is 11.8 Å². The Balaban J connectivity index is 1.66. The van der Waals surface area contributed by atoms with Crippen LogP contribution in [0.1, 0.15) is 39.3 Å². The number of ether oxygens (including phenoxy) is 1. The largest absolute Gasteiger partial charge is 0.508 e. The first-order chi connectivity index (χ1) is 18.2. The highest BCUT2D eigenvalue weighted by Gasteiger charge is 2.50. The number of hydrogen-bond donors (Lipinski definition) is 6. The Kier molecular flexibility index (Phi) is 6.57. The average molecular weight is 515 g/mol. The number of phenols is 6. The zero-order valence-electron chi connectivity index (χ0n) is 20.1. The Bertz CT molecular complexity index is 1460. The molecule has 6 N–H and O–H groups in total. The van der Waals surface area contributed by atoms with Crippen molar-refractivity contribution < 1.29 is 40.2 Å². The van der Waals surface area contributed by atoms with Gasteiger partial charge in [-0.2, -0.15) is 0 Å². The molecule has 1 aliphatic heterocycles. The highest BCUT2D eigenvalue weighted by Crippen LogP contribution is 2.54. The molecular formula is C30H26O8. The molecule has 1 saturated heterocycles. The van der Waals surface area contributed by atoms with Gasteiger partial charge in [0.1, 0.15) is 34.5 Å². The summed E-state index contributed by atoms with van der Waals surface area (Å²) in [5.74, 6) is -2.61. The van der Waals surface area contributed by atoms with E-state index in [1.54, 1.807) is 24.3 Å². The number of hydrogen-bond acceptors (Lipinski definition) is 8. The minimum atomic E-state index is -0.859. The standard InChI is InChI=1S/C30H26O8/c31-18-5-1-16(2-6-18)13-24-27(28(37)22-11-9-20(33)14-25(22)35)29(17-3-7-19(32)8-4-17)38-30(24)23-12-10-21(34)15-26(23)36/h1-12,14-15,24,27,29-36H,13H2/t24-,27-,29+,30-/m0/s1. The van der Waals surface area contributed by atoms with Crippen LogP contribution in [0.5, 0.6) is 34.5 Å². The number of aromatic hydroxyl groups is 6. The molecule has 0 saturated carbocycles. The topological polar surface area (TPSA) is 148 Å². The van der Waals surface area contributed by atoms with E-state index >= 15 is 0 Å². The first-order valence-corrected chi connectivity index (χ1v) is 12.0. The summed E-state index contributed by atoms with van der Waals surface area (Å²) in [6.07, 6.45) is -1.30. The smallest absolute Gasteiger partial charge is 0.173 e. The molecule has 4 atom stereocenters. The maximum Gasteiger partial charge on any atom is 0.173 e. The molecule has 0 bridgehead atoms. The zero-order valence-corrected chi connectivity index (χ0v) is 20.1. The van der Waals surface area contributed by atoms with Crippen LogP contribution in [0.3, 0.4) is 0 Å². The Morgan fingerprint density at radius 3 is 1.79 bits per heavy atom. The lowest BCUT2D eigenvalue weighted by atomic mass is 9.75. The van der Waals surface area contributed by atoms with Crippen LogP contribution in [0.15, 0.2) is 84.9 Å². The molecular weight excluding hydrogens is 488 g/mol. The summed E-state index contributed by atoms with van der Waals surface area (Å²) in [4.78, 5) is 14.1. The SMILES string of the molecule is O=C(c1ccc(O)cc1O)[C@@H]1[C@H](Cc2ccc(O)cc2)[C@H](c2ccc(O)cc2O)O[C@@H]1c1ccc(O)cc1. The van der Waals surface area contributed by atoms with Crippen molar-refractivity contribution in [1.82, 2.24) is 0 Å². The van der Waals surface area contributed by atoms with Gasteiger partial charge < -0.3 is 35.4 Å². The predicted molar refractivity (Wildman–Crippen MR) is 137 cm³/mol. The van der Waals surface area contributed by atoms with Crippen LogP contribution in [0.2, 0.25) is 0 Å². The average Bonchev–Trinajstić information content (AvgIpc) is 3.24. The molecule has 8 heteroatoms. The number of benzene rings is 4. The van der Waals surface area contributed by atoms with Gasteiger partial charge in [0.05, 0.1) is 23.7 Å². The van der Waals surface area contributed by atoms with Gasteiger partial charge in [-0.1, -0.05) is 24.3 Å². The van der Waals surface area contributed by atoms with Gasteiger partial charge in [-0.15, -0.1) is 0 Å². The van der Waals surface area contributed by atoms with Crippen LogP contribution in [-0.2, 0) is 11.2 Å². The van der Waals surface area contributed by atoms with Crippen molar-refractivity contribution in [1.29, 1.82) is 0 Å². The normalized spacial score (nSPS) is 20.8. The molecule has 0 amide bonds. The van der Waals surface area contributed by atoms with Crippen LogP contribution >= 0.6 is 0 Å². The Hall–Kier alpha value is -4.69. The molecule has 0 unspecified atom stereocenters. The van der Waals surface area contributed by atoms with Crippen LogP contribution < -0.4 is 0 Å². The Morgan fingerprint density at radius 1 is 0.632 bits per heavy atom. The van der Waals surface area contributed by atoms with Crippen molar-refractivity contribution in [2.75, 3.05) is 0 Å². The lowest BCUT2D eigenvalue weighted by Crippen LogP contribution is -2.27. The monoisotopic (exact) mass is 514 g/mol. The molecule has 1 heterocycles. The number of Topliss-reactive ketones (excluding diaryl/α,β-unsaturated/α-hetero) is 1. The van der Waals surface area contributed by atoms with Crippen molar-refractivity contribution in [3.63, 3.8) is 0 Å². The van der Waals surface area contributed by atoms with E-state index in [0.717, 1.165) is 11.6 Å². The summed E-state index contributed by atoms with van der Waals surface area (Å²) in [6, 6.07) is 20.7. The van der Waals surface area contributed by atoms with E-state index in [-0.39, 0.29) is 40.1 Å². The van der Waals surface area contributed by atoms with Crippen molar-refractivity contribution in [2.45, 2.75) is 18.6 Å². The molecule has 0 spiro atoms. The Morgan fingerprint density at radius 2 is 1.18 bits per heavy atom. The minimum absolute atomic E-state index is 0.00598. The molecule has 5 rings (SSSR count). The van der Waals surface area contributed by atoms with Gasteiger partial charge in [0.2, 0.25) is 0 Å². The molecule has 0 aromatic heterocycles. The number of carbonyl (C=O) groups excluding carboxylic acids is 1. The summed E-state index contributed by atoms with van der Waals surface area (Å²) < 4.78 is 6.50. The van der Waals surface area contributed by atoms with Gasteiger partial charge in [-0.05, 0) is 66.1 Å². The van der Waals surface area contributed by atoms with E-state index in [2.05, 4.69) is 0 Å². The summed E-state index contributed by atoms with van der Waals surface area (Å²) >= 11 is 0. The van der Waals surface area contributed by atoms with Crippen LogP contribution in [0.25, 0.3) is 0 Å². The van der Waals surface area contributed by atoms with E-state index in [9.17, 15) is 35.4 Å². The molecule has 1 aliphatic rings. The van der Waals surface area contributed by atoms with Crippen LogP contribution in [0.4, 0.5) is 0 Å². The Labute approximate surface area is 218 Å². The van der Waals surface area contributed by atoms with Gasteiger partial charge in [-0.25, -0.2) is 0 Å². The maximum atomic E-state index is 14.1. The van der Waals surface area contributed by atoms with E-state index in [4.69, 9.17) is 4.74 Å². The van der Waals surface area contributed by atoms with Gasteiger partial charge in [0.25, 0.3) is 0 Å². The van der Waals surface area contributed by atoms with Gasteiger partial charge >= 0.3 is 0 Å². The first-order valence-electron chi connectivity index (χ1n) is 12.0. The molecule has 38 heavy (non-hydrogen) atoms. The number of ketones is 1. The summed E-state index contributed by atoms with van der Waals surface area (Å²) in [7, 11) is 0. The van der Waals surface area contributed by atoms with Gasteiger partial charge in [0.15, 0.2) is 5.78 Å². The van der Waals surface area contributed by atoms with Crippen molar-refractivity contribution in [2.24, 2.45) is 11.8 Å². The molecule has 0 radical (unpaired) electrons. The van der Waals surface area contributed by atoms with Gasteiger partial charge in [-0.3, -0.25) is 4.79 Å². The van der Waals surface area contributed by atoms with Crippen molar-refractivity contribution in [3.05, 3.63) is 107 Å². The fourth-order valence-electron chi connectivity index (χ4n) is 5.16. The van der Waals surface area contributed by atoms with Crippen LogP contribution in [-0.4, -0.2) is 36.4 Å². The fourth-order valence-corrected chi connectivity index (χ4v) is 5.16. The summed E-state index contributed by atoms with van der Waals surface area (Å²) in [6.45, 7) is 0. The number of carbonyl (C=O) groups is 1. The van der Waals surface area contributed by atoms with Crippen molar-refractivity contribution >= 4 is 5.78 Å². The van der Waals surface area contributed by atoms with Crippen molar-refractivity contribution in [3.8, 4) is 34.5 Å². The summed E-state index contributed by atoms with van der Waals surface area (Å²) in [5, 5.41) is 60.5. The quantitative estimate of drug-likeness (QED) is 0.195. The van der Waals surface area contributed by atoms with Gasteiger partial charge in [0, 0.05) is 23.6 Å². The maximum absolute atomic E-state index is 14.1. The second kappa shape index (κ2) is 9.99. The number of rotatable bonds is 6. The van der Waals surface area contributed by atoms with E-state index in [1.807, 2.05) is 0 Å². The molecule has 8 nitrogen and oxygen atoms in total. The molecule has 4 aromatic rings. The highest BCUT2D eigenvalue weighted by molar-refractivity contribution is 6.01. The molecule has 194 valence electrons. The lowest BCUT2D eigenvalue weighted by molar-refractivity contribution is 0.0254. The highest BCUT2D eigenvalue weighted by atomic mass is 16.5. The van der Waals surface area contributed by atoms with E-state index in [0.29, 0.717) is 17.5 Å². The summed E-state index contributed by atoms with van der Waals surface area (Å²) in [5.41, 5.74) is 1.79. The lowest BCUT2D eigenvalue weighted by Gasteiger charge is -2.25. The third-order valence-corrected chi connectivity index (χ3v) is 6.97. The predicted octanol–water partition coefficient (Wildman–Crippen LogP) is 5.09. The van der Waals surface area contributed by atoms with E-state index < -0.39 is 29.8 Å². The fraction of sp³-hybridized carbons (Fsp3) is 0.167. The molecule has 4 aromatic carbocycles. The molecule has 0 aliphatic carbocycles. The minimum Gasteiger partial charge on any atom is -0.508 e. The third-order valence-electron chi connectivity index (χ3n) is 6.97. The van der Waals surface area contributed by atoms with E-state index in [1.165, 1.54) is 54.6 Å². The third kappa shape index (κ3) is 4.81. The first kappa shape index (κ1) is 25.0. The zero-order chi connectivity index (χ0) is 27.0. The number of phenolic OH excluding ortho intramolecular Hbond substituents is 6. The molecule has 1 fully saturated rings. The second-order valence-electron chi connectivity index (χ2n) is 9.44.